The number of carbonyl (C=O) groups is 1. The van der Waals surface area contributed by atoms with E-state index in [1.54, 1.807) is 23.1 Å². The van der Waals surface area contributed by atoms with Gasteiger partial charge in [-0.25, -0.2) is 13.1 Å². The third-order valence-corrected chi connectivity index (χ3v) is 7.38. The second kappa shape index (κ2) is 8.78. The number of hydrogen-bond donors (Lipinski definition) is 1. The number of nitrogens with zero attached hydrogens (tertiary/aromatic N) is 2. The van der Waals surface area contributed by atoms with Crippen LogP contribution in [0.25, 0.3) is 0 Å². The molecular weight excluding hydrogens is 398 g/mol. The molecule has 0 spiro atoms. The summed E-state index contributed by atoms with van der Waals surface area (Å²) < 4.78 is 28.4. The van der Waals surface area contributed by atoms with Gasteiger partial charge >= 0.3 is 0 Å². The Morgan fingerprint density at radius 3 is 2.40 bits per heavy atom. The van der Waals surface area contributed by atoms with Crippen molar-refractivity contribution in [2.75, 3.05) is 29.4 Å². The summed E-state index contributed by atoms with van der Waals surface area (Å²) >= 11 is 0. The Morgan fingerprint density at radius 1 is 0.967 bits per heavy atom. The third kappa shape index (κ3) is 4.52. The van der Waals surface area contributed by atoms with Gasteiger partial charge in [0.2, 0.25) is 15.9 Å². The third-order valence-electron chi connectivity index (χ3n) is 5.98. The van der Waals surface area contributed by atoms with Crippen molar-refractivity contribution in [3.8, 4) is 0 Å². The van der Waals surface area contributed by atoms with E-state index in [1.165, 1.54) is 31.9 Å². The molecule has 0 radical (unpaired) electrons. The fourth-order valence-corrected chi connectivity index (χ4v) is 5.37. The summed E-state index contributed by atoms with van der Waals surface area (Å²) in [7, 11) is -3.62. The van der Waals surface area contributed by atoms with Crippen molar-refractivity contribution >= 4 is 27.3 Å². The highest BCUT2D eigenvalue weighted by Gasteiger charge is 2.23. The van der Waals surface area contributed by atoms with Crippen LogP contribution in [0.5, 0.6) is 0 Å². The maximum atomic E-state index is 12.8. The number of piperidine rings is 1. The second-order valence-electron chi connectivity index (χ2n) is 8.10. The van der Waals surface area contributed by atoms with Crippen LogP contribution in [0, 0.1) is 0 Å². The van der Waals surface area contributed by atoms with E-state index in [4.69, 9.17) is 0 Å². The number of rotatable bonds is 5. The predicted molar refractivity (Wildman–Crippen MR) is 119 cm³/mol. The zero-order valence-corrected chi connectivity index (χ0v) is 18.2. The zero-order valence-electron chi connectivity index (χ0n) is 17.4. The van der Waals surface area contributed by atoms with Crippen molar-refractivity contribution in [2.24, 2.45) is 0 Å². The van der Waals surface area contributed by atoms with E-state index in [0.29, 0.717) is 6.54 Å². The highest BCUT2D eigenvalue weighted by atomic mass is 32.2. The van der Waals surface area contributed by atoms with Crippen molar-refractivity contribution in [3.05, 3.63) is 53.6 Å². The first-order chi connectivity index (χ1) is 14.4. The Morgan fingerprint density at radius 2 is 1.70 bits per heavy atom. The standard InChI is InChI=1S/C23H29N3O3S/c1-18(27)26-15-5-6-20-16-22(11-12-23(20)26)30(28,29)24-17-19-7-9-21(10-8-19)25-13-3-2-4-14-25/h7-12,16,24H,2-6,13-15,17H2,1H3. The lowest BCUT2D eigenvalue weighted by molar-refractivity contribution is -0.116. The van der Waals surface area contributed by atoms with Crippen LogP contribution in [0.1, 0.15) is 43.7 Å². The molecule has 30 heavy (non-hydrogen) atoms. The second-order valence-corrected chi connectivity index (χ2v) is 9.87. The quantitative estimate of drug-likeness (QED) is 0.793. The van der Waals surface area contributed by atoms with Gasteiger partial charge in [0.15, 0.2) is 0 Å². The van der Waals surface area contributed by atoms with E-state index >= 15 is 0 Å². The molecule has 2 aliphatic heterocycles. The molecule has 6 nitrogen and oxygen atoms in total. The maximum Gasteiger partial charge on any atom is 0.240 e. The molecule has 1 saturated heterocycles. The maximum absolute atomic E-state index is 12.8. The van der Waals surface area contributed by atoms with Crippen LogP contribution in [0.3, 0.4) is 0 Å². The Hall–Kier alpha value is -2.38. The number of aryl methyl sites for hydroxylation is 1. The van der Waals surface area contributed by atoms with Gasteiger partial charge in [0.1, 0.15) is 0 Å². The van der Waals surface area contributed by atoms with Crippen LogP contribution in [-0.2, 0) is 27.8 Å². The first kappa shape index (κ1) is 20.9. The lowest BCUT2D eigenvalue weighted by Crippen LogP contribution is -2.33. The summed E-state index contributed by atoms with van der Waals surface area (Å²) in [4.78, 5) is 16.2. The van der Waals surface area contributed by atoms with Crippen molar-refractivity contribution < 1.29 is 13.2 Å². The molecule has 1 amide bonds. The number of amides is 1. The smallest absolute Gasteiger partial charge is 0.240 e. The first-order valence-electron chi connectivity index (χ1n) is 10.7. The molecule has 160 valence electrons. The number of anilines is 2. The van der Waals surface area contributed by atoms with Crippen molar-refractivity contribution in [2.45, 2.75) is 50.5 Å². The van der Waals surface area contributed by atoms with Crippen LogP contribution in [0.15, 0.2) is 47.4 Å². The van der Waals surface area contributed by atoms with Gasteiger partial charge in [-0.05, 0) is 73.6 Å². The molecule has 7 heteroatoms. The zero-order chi connectivity index (χ0) is 21.1. The molecule has 0 atom stereocenters. The molecule has 2 aromatic carbocycles. The summed E-state index contributed by atoms with van der Waals surface area (Å²) in [5.41, 5.74) is 3.86. The molecule has 0 unspecified atom stereocenters. The molecule has 0 aromatic heterocycles. The largest absolute Gasteiger partial charge is 0.372 e. The summed E-state index contributed by atoms with van der Waals surface area (Å²) in [6.07, 6.45) is 5.37. The van der Waals surface area contributed by atoms with Crippen molar-refractivity contribution in [1.82, 2.24) is 4.72 Å². The minimum Gasteiger partial charge on any atom is -0.372 e. The van der Waals surface area contributed by atoms with Gasteiger partial charge in [0, 0.05) is 44.5 Å². The van der Waals surface area contributed by atoms with Gasteiger partial charge in [-0.1, -0.05) is 12.1 Å². The van der Waals surface area contributed by atoms with Crippen molar-refractivity contribution in [3.63, 3.8) is 0 Å². The van der Waals surface area contributed by atoms with E-state index in [-0.39, 0.29) is 17.3 Å². The predicted octanol–water partition coefficient (Wildman–Crippen LogP) is 3.45. The van der Waals surface area contributed by atoms with Crippen LogP contribution in [-0.4, -0.2) is 34.0 Å². The van der Waals surface area contributed by atoms with Gasteiger partial charge in [-0.2, -0.15) is 0 Å². The minimum atomic E-state index is -3.62. The average Bonchev–Trinajstić information content (AvgIpc) is 2.78. The Labute approximate surface area is 178 Å². The number of benzene rings is 2. The molecule has 0 saturated carbocycles. The van der Waals surface area contributed by atoms with E-state index in [1.807, 2.05) is 12.1 Å². The Bertz CT molecular complexity index is 1010. The minimum absolute atomic E-state index is 0.0160. The Balaban J connectivity index is 1.44. The van der Waals surface area contributed by atoms with Gasteiger partial charge in [0.05, 0.1) is 4.90 Å². The van der Waals surface area contributed by atoms with Crippen LogP contribution in [0.4, 0.5) is 11.4 Å². The molecule has 2 aliphatic rings. The van der Waals surface area contributed by atoms with Gasteiger partial charge < -0.3 is 9.80 Å². The van der Waals surface area contributed by atoms with E-state index < -0.39 is 10.0 Å². The van der Waals surface area contributed by atoms with Gasteiger partial charge in [-0.3, -0.25) is 4.79 Å². The number of nitrogens with one attached hydrogen (secondary N) is 1. The lowest BCUT2D eigenvalue weighted by atomic mass is 10.0. The number of carbonyl (C=O) groups excluding carboxylic acids is 1. The summed E-state index contributed by atoms with van der Waals surface area (Å²) in [6.45, 7) is 4.65. The van der Waals surface area contributed by atoms with Gasteiger partial charge in [-0.15, -0.1) is 0 Å². The van der Waals surface area contributed by atoms with E-state index in [2.05, 4.69) is 21.8 Å². The fourth-order valence-electron chi connectivity index (χ4n) is 4.31. The van der Waals surface area contributed by atoms with Crippen LogP contribution < -0.4 is 14.5 Å². The first-order valence-corrected chi connectivity index (χ1v) is 12.2. The lowest BCUT2D eigenvalue weighted by Gasteiger charge is -2.29. The van der Waals surface area contributed by atoms with Crippen LogP contribution >= 0.6 is 0 Å². The summed E-state index contributed by atoms with van der Waals surface area (Å²) in [5.74, 6) is -0.0160. The summed E-state index contributed by atoms with van der Waals surface area (Å²) in [5, 5.41) is 0. The molecule has 4 rings (SSSR count). The molecule has 1 N–H and O–H groups in total. The average molecular weight is 428 g/mol. The summed E-state index contributed by atoms with van der Waals surface area (Å²) in [6, 6.07) is 13.2. The topological polar surface area (TPSA) is 69.7 Å². The number of hydrogen-bond acceptors (Lipinski definition) is 4. The highest BCUT2D eigenvalue weighted by Crippen LogP contribution is 2.29. The van der Waals surface area contributed by atoms with E-state index in [9.17, 15) is 13.2 Å². The molecule has 0 aliphatic carbocycles. The number of sulfonamides is 1. The van der Waals surface area contributed by atoms with E-state index in [0.717, 1.165) is 42.7 Å². The SMILES string of the molecule is CC(=O)N1CCCc2cc(S(=O)(=O)NCc3ccc(N4CCCCC4)cc3)ccc21. The molecule has 2 aromatic rings. The monoisotopic (exact) mass is 427 g/mol. The molecule has 1 fully saturated rings. The Kier molecular flexibility index (Phi) is 6.11. The fraction of sp³-hybridized carbons (Fsp3) is 0.435. The highest BCUT2D eigenvalue weighted by molar-refractivity contribution is 7.89. The van der Waals surface area contributed by atoms with Crippen LogP contribution in [0.2, 0.25) is 0 Å². The molecular formula is C23H29N3O3S. The molecule has 0 bridgehead atoms. The number of fused-ring (bicyclic) bond motifs is 1. The normalized spacial score (nSPS) is 17.0. The van der Waals surface area contributed by atoms with Gasteiger partial charge in [0.25, 0.3) is 0 Å². The van der Waals surface area contributed by atoms with Crippen molar-refractivity contribution in [1.29, 1.82) is 0 Å². The molecule has 2 heterocycles.